The second-order valence-corrected chi connectivity index (χ2v) is 11.4. The van der Waals surface area contributed by atoms with Crippen molar-refractivity contribution in [3.05, 3.63) is 22.3 Å². The van der Waals surface area contributed by atoms with E-state index in [1.807, 2.05) is 0 Å². The zero-order chi connectivity index (χ0) is 27.0. The van der Waals surface area contributed by atoms with E-state index in [1.54, 1.807) is 20.8 Å². The van der Waals surface area contributed by atoms with Gasteiger partial charge >= 0.3 is 11.9 Å². The lowest BCUT2D eigenvalue weighted by Gasteiger charge is -2.49. The van der Waals surface area contributed by atoms with Crippen molar-refractivity contribution >= 4 is 57.7 Å². The van der Waals surface area contributed by atoms with Crippen LogP contribution >= 0.6 is 23.1 Å². The Morgan fingerprint density at radius 1 is 1.31 bits per heavy atom. The van der Waals surface area contributed by atoms with Gasteiger partial charge < -0.3 is 31.5 Å². The van der Waals surface area contributed by atoms with Crippen molar-refractivity contribution in [1.82, 2.24) is 15.2 Å². The van der Waals surface area contributed by atoms with Crippen LogP contribution in [0.5, 0.6) is 0 Å². The predicted octanol–water partition coefficient (Wildman–Crippen LogP) is 0.264. The number of carboxylic acid groups (broad SMARTS) is 1. The van der Waals surface area contributed by atoms with Crippen molar-refractivity contribution in [3.8, 4) is 0 Å². The molecule has 1 aromatic rings. The number of rotatable bonds is 8. The van der Waals surface area contributed by atoms with E-state index in [0.29, 0.717) is 11.3 Å². The number of fused-ring (bicyclic) bond motifs is 1. The first-order valence-corrected chi connectivity index (χ1v) is 12.7. The largest absolute Gasteiger partial charge is 0.477 e. The molecule has 1 fully saturated rings. The number of nitrogens with one attached hydrogen (secondary N) is 1. The van der Waals surface area contributed by atoms with Gasteiger partial charge in [0.2, 0.25) is 5.60 Å². The fourth-order valence-electron chi connectivity index (χ4n) is 3.25. The van der Waals surface area contributed by atoms with Gasteiger partial charge in [-0.3, -0.25) is 14.5 Å². The molecule has 6 N–H and O–H groups in total. The number of aliphatic carboxylic acids is 1. The molecule has 196 valence electrons. The van der Waals surface area contributed by atoms with E-state index in [2.05, 4.69) is 15.5 Å². The van der Waals surface area contributed by atoms with E-state index in [0.717, 1.165) is 16.2 Å². The van der Waals surface area contributed by atoms with Crippen LogP contribution < -0.4 is 16.8 Å². The zero-order valence-electron chi connectivity index (χ0n) is 20.4. The second-order valence-electron chi connectivity index (χ2n) is 9.44. The van der Waals surface area contributed by atoms with Gasteiger partial charge in [-0.2, -0.15) is 0 Å². The molecule has 2 atom stereocenters. The molecule has 15 heteroatoms. The first-order valence-electron chi connectivity index (χ1n) is 10.8. The molecule has 1 aromatic heterocycles. The van der Waals surface area contributed by atoms with Gasteiger partial charge in [0.15, 0.2) is 10.8 Å². The van der Waals surface area contributed by atoms with Gasteiger partial charge in [0, 0.05) is 17.7 Å². The lowest BCUT2D eigenvalue weighted by Crippen LogP contribution is -2.71. The highest BCUT2D eigenvalue weighted by Crippen LogP contribution is 2.40. The van der Waals surface area contributed by atoms with Crippen LogP contribution in [0, 0.1) is 0 Å². The number of ether oxygens (including phenoxy) is 1. The van der Waals surface area contributed by atoms with Gasteiger partial charge in [0.25, 0.3) is 11.8 Å². The molecule has 0 radical (unpaired) electrons. The highest BCUT2D eigenvalue weighted by molar-refractivity contribution is 8.00. The number of carboxylic acids is 1. The third kappa shape index (κ3) is 5.63. The summed E-state index contributed by atoms with van der Waals surface area (Å²) in [6.07, 6.45) is 0. The normalized spacial score (nSPS) is 20.4. The number of aromatic nitrogens is 1. The number of nitrogens with zero attached hydrogens (tertiary/aromatic N) is 3. The van der Waals surface area contributed by atoms with Crippen LogP contribution in [0.1, 0.15) is 40.3 Å². The summed E-state index contributed by atoms with van der Waals surface area (Å²) in [6, 6.07) is -1.02. The number of β-lactam (4-membered cyclic amide) rings is 1. The van der Waals surface area contributed by atoms with E-state index in [4.69, 9.17) is 21.0 Å². The lowest BCUT2D eigenvalue weighted by molar-refractivity contribution is -0.179. The number of carbonyl (C=O) groups is 4. The summed E-state index contributed by atoms with van der Waals surface area (Å²) >= 11 is 2.34. The fraction of sp³-hybridized carbons (Fsp3) is 0.524. The van der Waals surface area contributed by atoms with Crippen LogP contribution in [-0.2, 0) is 28.8 Å². The van der Waals surface area contributed by atoms with Gasteiger partial charge in [-0.25, -0.2) is 14.6 Å². The van der Waals surface area contributed by atoms with Gasteiger partial charge in [-0.1, -0.05) is 5.16 Å². The number of nitrogens with two attached hydrogens (primary N) is 2. The van der Waals surface area contributed by atoms with Gasteiger partial charge in [0.1, 0.15) is 28.4 Å². The second kappa shape index (κ2) is 10.1. The molecule has 0 aromatic carbocycles. The fourth-order valence-corrected chi connectivity index (χ4v) is 5.16. The van der Waals surface area contributed by atoms with Gasteiger partial charge in [0.05, 0.1) is 0 Å². The van der Waals surface area contributed by atoms with Crippen molar-refractivity contribution in [2.75, 3.05) is 18.0 Å². The third-order valence-corrected chi connectivity index (χ3v) is 7.03. The van der Waals surface area contributed by atoms with E-state index in [-0.39, 0.29) is 28.8 Å². The minimum Gasteiger partial charge on any atom is -0.477 e. The van der Waals surface area contributed by atoms with E-state index >= 15 is 0 Å². The smallest absolute Gasteiger partial charge is 0.353 e. The number of nitrogen functional groups attached to an aromatic ring is 1. The standard InChI is InChI=1S/C21H28N6O7S2/c1-20(2,3)33-18(32)21(4,5)34-26-11(10-8-36-19(23)24-10)14(28)25-12-15(29)27-13(17(30)31)9(6-22)7-35-16(12)27/h8,12,16H,6-7,22H2,1-5H3,(H2,23,24)(H,25,28)(H,30,31)/b26-11-/t12?,16-/m0/s1. The number of amides is 2. The summed E-state index contributed by atoms with van der Waals surface area (Å²) in [5.74, 6) is -3.09. The summed E-state index contributed by atoms with van der Waals surface area (Å²) in [5, 5.41) is 17.0. The third-order valence-electron chi connectivity index (χ3n) is 5.02. The van der Waals surface area contributed by atoms with Crippen LogP contribution in [-0.4, -0.2) is 79.4 Å². The monoisotopic (exact) mass is 540 g/mol. The Bertz CT molecular complexity index is 1150. The van der Waals surface area contributed by atoms with Crippen molar-refractivity contribution in [2.24, 2.45) is 10.9 Å². The van der Waals surface area contributed by atoms with Gasteiger partial charge in [-0.15, -0.1) is 23.1 Å². The number of carbonyl (C=O) groups excluding carboxylic acids is 3. The molecule has 1 unspecified atom stereocenters. The van der Waals surface area contributed by atoms with Crippen LogP contribution in [0.4, 0.5) is 5.13 Å². The average molecular weight is 541 g/mol. The minimum absolute atomic E-state index is 0.00497. The summed E-state index contributed by atoms with van der Waals surface area (Å²) in [4.78, 5) is 60.8. The number of oxime groups is 1. The highest BCUT2D eigenvalue weighted by atomic mass is 32.2. The summed E-state index contributed by atoms with van der Waals surface area (Å²) in [5.41, 5.74) is 9.04. The summed E-state index contributed by atoms with van der Waals surface area (Å²) in [6.45, 7) is 7.95. The van der Waals surface area contributed by atoms with Gasteiger partial charge in [-0.05, 0) is 40.2 Å². The Hall–Kier alpha value is -3.17. The maximum Gasteiger partial charge on any atom is 0.353 e. The number of esters is 1. The van der Waals surface area contributed by atoms with Crippen molar-refractivity contribution in [3.63, 3.8) is 0 Å². The summed E-state index contributed by atoms with van der Waals surface area (Å²) in [7, 11) is 0. The number of hydrogen-bond acceptors (Lipinski definition) is 12. The molecule has 2 aliphatic heterocycles. The van der Waals surface area contributed by atoms with Crippen molar-refractivity contribution in [2.45, 2.75) is 57.2 Å². The maximum atomic E-state index is 13.2. The SMILES string of the molecule is CC(C)(C)OC(=O)C(C)(C)O/N=C(\C(=O)NC1C(=O)N2C(C(=O)O)=C(CN)CS[C@@H]12)c1csc(N)n1. The first-order chi connectivity index (χ1) is 16.7. The number of thiazole rings is 1. The average Bonchev–Trinajstić information content (AvgIpc) is 3.20. The number of anilines is 1. The predicted molar refractivity (Wildman–Crippen MR) is 133 cm³/mol. The van der Waals surface area contributed by atoms with E-state index in [1.165, 1.54) is 31.0 Å². The quantitative estimate of drug-likeness (QED) is 0.153. The van der Waals surface area contributed by atoms with Crippen molar-refractivity contribution < 1.29 is 33.9 Å². The summed E-state index contributed by atoms with van der Waals surface area (Å²) < 4.78 is 5.34. The number of thioether (sulfide) groups is 1. The first kappa shape index (κ1) is 27.4. The maximum absolute atomic E-state index is 13.2. The molecule has 13 nitrogen and oxygen atoms in total. The number of hydrogen-bond donors (Lipinski definition) is 4. The highest BCUT2D eigenvalue weighted by Gasteiger charge is 2.54. The molecular formula is C21H28N6O7S2. The van der Waals surface area contributed by atoms with Crippen LogP contribution in [0.3, 0.4) is 0 Å². The molecular weight excluding hydrogens is 512 g/mol. The Kier molecular flexibility index (Phi) is 7.66. The molecule has 0 aliphatic carbocycles. The molecule has 0 saturated carbocycles. The molecule has 0 spiro atoms. The molecule has 3 rings (SSSR count). The van der Waals surface area contributed by atoms with Crippen LogP contribution in [0.2, 0.25) is 0 Å². The van der Waals surface area contributed by atoms with E-state index < -0.39 is 46.4 Å². The molecule has 0 bridgehead atoms. The Balaban J connectivity index is 1.82. The Morgan fingerprint density at radius 3 is 2.50 bits per heavy atom. The van der Waals surface area contributed by atoms with Crippen LogP contribution in [0.15, 0.2) is 21.8 Å². The van der Waals surface area contributed by atoms with Crippen molar-refractivity contribution in [1.29, 1.82) is 0 Å². The molecule has 36 heavy (non-hydrogen) atoms. The lowest BCUT2D eigenvalue weighted by atomic mass is 10.0. The minimum atomic E-state index is -1.55. The van der Waals surface area contributed by atoms with E-state index in [9.17, 15) is 24.3 Å². The molecule has 2 aliphatic rings. The molecule has 1 saturated heterocycles. The van der Waals surface area contributed by atoms with Crippen LogP contribution in [0.25, 0.3) is 0 Å². The molecule has 3 heterocycles. The Morgan fingerprint density at radius 2 is 1.97 bits per heavy atom. The Labute approximate surface area is 215 Å². The molecule has 2 amide bonds. The topological polar surface area (TPSA) is 200 Å². The zero-order valence-corrected chi connectivity index (χ0v) is 22.0.